The van der Waals surface area contributed by atoms with Gasteiger partial charge in [-0.15, -0.1) is 0 Å². The van der Waals surface area contributed by atoms with Crippen LogP contribution in [0.1, 0.15) is 23.8 Å². The van der Waals surface area contributed by atoms with E-state index in [4.69, 9.17) is 19.0 Å². The van der Waals surface area contributed by atoms with Crippen LogP contribution in [-0.4, -0.2) is 29.3 Å². The average molecular weight is 298 g/mol. The maximum atomic E-state index is 11.7. The van der Waals surface area contributed by atoms with Crippen molar-refractivity contribution in [1.29, 1.82) is 0 Å². The zero-order valence-electron chi connectivity index (χ0n) is 11.4. The predicted octanol–water partition coefficient (Wildman–Crippen LogP) is 0.302. The number of methoxy groups -OCH3 is 1. The fourth-order valence-corrected chi connectivity index (χ4v) is 1.58. The Morgan fingerprint density at radius 1 is 1.33 bits per heavy atom. The van der Waals surface area contributed by atoms with Crippen LogP contribution in [0.15, 0.2) is 15.3 Å². The molecule has 1 rings (SSSR count). The first-order valence-electron chi connectivity index (χ1n) is 5.78. The van der Waals surface area contributed by atoms with Gasteiger partial charge in [0.15, 0.2) is 0 Å². The maximum absolute atomic E-state index is 11.7. The molecule has 0 saturated carbocycles. The number of ether oxygens (including phenoxy) is 2. The number of carboxylic acids is 1. The molecule has 0 unspecified atom stereocenters. The van der Waals surface area contributed by atoms with E-state index >= 15 is 0 Å². The van der Waals surface area contributed by atoms with Gasteiger partial charge in [-0.25, -0.2) is 9.59 Å². The molecule has 2 N–H and O–H groups in total. The van der Waals surface area contributed by atoms with Crippen molar-refractivity contribution in [3.05, 3.63) is 33.4 Å². The van der Waals surface area contributed by atoms with Crippen molar-refractivity contribution < 1.29 is 33.7 Å². The van der Waals surface area contributed by atoms with E-state index in [2.05, 4.69) is 0 Å². The Balaban J connectivity index is 3.45. The molecule has 0 fully saturated rings. The summed E-state index contributed by atoms with van der Waals surface area (Å²) < 4.78 is 14.8. The molecule has 0 spiro atoms. The normalized spacial score (nSPS) is 10.6. The molecule has 114 valence electrons. The SMILES string of the molecule is COc1c(COC(C)=O)c(/C=C/C(=O)O)oc(=O)c1CO. The lowest BCUT2D eigenvalue weighted by molar-refractivity contribution is -0.142. The molecule has 0 aromatic carbocycles. The van der Waals surface area contributed by atoms with Gasteiger partial charge in [0.1, 0.15) is 23.7 Å². The van der Waals surface area contributed by atoms with Crippen LogP contribution < -0.4 is 10.4 Å². The third-order valence-corrected chi connectivity index (χ3v) is 2.45. The number of carbonyl (C=O) groups excluding carboxylic acids is 1. The third kappa shape index (κ3) is 4.18. The Labute approximate surface area is 119 Å². The zero-order chi connectivity index (χ0) is 16.0. The van der Waals surface area contributed by atoms with E-state index in [0.717, 1.165) is 12.2 Å². The van der Waals surface area contributed by atoms with Gasteiger partial charge in [-0.1, -0.05) is 0 Å². The molecule has 0 aliphatic rings. The van der Waals surface area contributed by atoms with Gasteiger partial charge in [0.2, 0.25) is 0 Å². The molecule has 0 amide bonds. The summed E-state index contributed by atoms with van der Waals surface area (Å²) in [5, 5.41) is 17.8. The molecule has 8 nitrogen and oxygen atoms in total. The lowest BCUT2D eigenvalue weighted by atomic mass is 10.1. The first-order chi connectivity index (χ1) is 9.90. The minimum atomic E-state index is -1.25. The summed E-state index contributed by atoms with van der Waals surface area (Å²) in [5.41, 5.74) is -0.869. The monoisotopic (exact) mass is 298 g/mol. The number of carboxylic acid groups (broad SMARTS) is 1. The smallest absolute Gasteiger partial charge is 0.345 e. The Bertz CT molecular complexity index is 626. The molecular formula is C13H14O8. The molecule has 0 saturated heterocycles. The molecule has 0 aliphatic carbocycles. The largest absolute Gasteiger partial charge is 0.496 e. The Kier molecular flexibility index (Phi) is 5.67. The average Bonchev–Trinajstić information content (AvgIpc) is 2.42. The second-order valence-corrected chi connectivity index (χ2v) is 3.85. The van der Waals surface area contributed by atoms with Crippen LogP contribution in [0, 0.1) is 0 Å². The topological polar surface area (TPSA) is 123 Å². The number of aliphatic hydroxyl groups is 1. The molecule has 0 aliphatic heterocycles. The van der Waals surface area contributed by atoms with Gasteiger partial charge >= 0.3 is 17.6 Å². The highest BCUT2D eigenvalue weighted by Gasteiger charge is 2.20. The molecule has 1 aromatic rings. The highest BCUT2D eigenvalue weighted by Crippen LogP contribution is 2.26. The van der Waals surface area contributed by atoms with Crippen molar-refractivity contribution in [2.45, 2.75) is 20.1 Å². The van der Waals surface area contributed by atoms with Crippen molar-refractivity contribution in [3.8, 4) is 5.75 Å². The van der Waals surface area contributed by atoms with E-state index in [1.807, 2.05) is 0 Å². The second kappa shape index (κ2) is 7.25. The zero-order valence-corrected chi connectivity index (χ0v) is 11.4. The first-order valence-corrected chi connectivity index (χ1v) is 5.78. The molecule has 1 heterocycles. The standard InChI is InChI=1S/C13H14O8/c1-7(15)20-6-9-10(3-4-11(16)17)21-13(18)8(5-14)12(9)19-2/h3-4,14H,5-6H2,1-2H3,(H,16,17)/b4-3+. The summed E-state index contributed by atoms with van der Waals surface area (Å²) >= 11 is 0. The Morgan fingerprint density at radius 2 is 2.00 bits per heavy atom. The molecule has 1 aromatic heterocycles. The van der Waals surface area contributed by atoms with E-state index in [-0.39, 0.29) is 29.2 Å². The van der Waals surface area contributed by atoms with Crippen LogP contribution in [0.4, 0.5) is 0 Å². The Morgan fingerprint density at radius 3 is 2.48 bits per heavy atom. The van der Waals surface area contributed by atoms with Crippen molar-refractivity contribution in [2.24, 2.45) is 0 Å². The van der Waals surface area contributed by atoms with Crippen molar-refractivity contribution in [3.63, 3.8) is 0 Å². The number of hydrogen-bond donors (Lipinski definition) is 2. The van der Waals surface area contributed by atoms with Crippen LogP contribution in [-0.2, 0) is 27.5 Å². The van der Waals surface area contributed by atoms with Crippen molar-refractivity contribution in [1.82, 2.24) is 0 Å². The molecular weight excluding hydrogens is 284 g/mol. The van der Waals surface area contributed by atoms with Crippen LogP contribution in [0.5, 0.6) is 5.75 Å². The summed E-state index contributed by atoms with van der Waals surface area (Å²) in [6.45, 7) is 0.251. The molecule has 0 radical (unpaired) electrons. The van der Waals surface area contributed by atoms with E-state index in [9.17, 15) is 19.5 Å². The number of rotatable bonds is 6. The summed E-state index contributed by atoms with van der Waals surface area (Å²) in [5.74, 6) is -1.97. The van der Waals surface area contributed by atoms with Gasteiger partial charge in [0.05, 0.1) is 19.3 Å². The van der Waals surface area contributed by atoms with Gasteiger partial charge < -0.3 is 24.1 Å². The van der Waals surface area contributed by atoms with E-state index < -0.39 is 24.2 Å². The highest BCUT2D eigenvalue weighted by atomic mass is 16.5. The summed E-state index contributed by atoms with van der Waals surface area (Å²) in [7, 11) is 1.26. The van der Waals surface area contributed by atoms with E-state index in [1.165, 1.54) is 14.0 Å². The third-order valence-electron chi connectivity index (χ3n) is 2.45. The van der Waals surface area contributed by atoms with E-state index in [0.29, 0.717) is 0 Å². The number of aliphatic carboxylic acids is 1. The van der Waals surface area contributed by atoms with Crippen LogP contribution in [0.3, 0.4) is 0 Å². The van der Waals surface area contributed by atoms with E-state index in [1.54, 1.807) is 0 Å². The second-order valence-electron chi connectivity index (χ2n) is 3.85. The van der Waals surface area contributed by atoms with Crippen molar-refractivity contribution in [2.75, 3.05) is 7.11 Å². The van der Waals surface area contributed by atoms with Crippen LogP contribution in [0.2, 0.25) is 0 Å². The quantitative estimate of drug-likeness (QED) is 0.568. The predicted molar refractivity (Wildman–Crippen MR) is 69.6 cm³/mol. The first kappa shape index (κ1) is 16.4. The molecule has 21 heavy (non-hydrogen) atoms. The van der Waals surface area contributed by atoms with Gasteiger partial charge in [0.25, 0.3) is 0 Å². The number of aliphatic hydroxyl groups excluding tert-OH is 1. The Hall–Kier alpha value is -2.61. The number of hydrogen-bond acceptors (Lipinski definition) is 7. The summed E-state index contributed by atoms with van der Waals surface area (Å²) in [4.78, 5) is 33.1. The van der Waals surface area contributed by atoms with Gasteiger partial charge in [-0.05, 0) is 6.08 Å². The summed E-state index contributed by atoms with van der Waals surface area (Å²) in [6, 6.07) is 0. The highest BCUT2D eigenvalue weighted by molar-refractivity contribution is 5.85. The number of carbonyl (C=O) groups is 2. The molecule has 0 bridgehead atoms. The maximum Gasteiger partial charge on any atom is 0.345 e. The minimum absolute atomic E-state index is 0.0139. The molecule has 0 atom stereocenters. The van der Waals surface area contributed by atoms with Gasteiger partial charge in [-0.2, -0.15) is 0 Å². The molecule has 8 heteroatoms. The summed E-state index contributed by atoms with van der Waals surface area (Å²) in [6.07, 6.45) is 1.79. The van der Waals surface area contributed by atoms with Crippen LogP contribution in [0.25, 0.3) is 6.08 Å². The lowest BCUT2D eigenvalue weighted by Crippen LogP contribution is -2.14. The lowest BCUT2D eigenvalue weighted by Gasteiger charge is -2.13. The van der Waals surface area contributed by atoms with Gasteiger partial charge in [-0.3, -0.25) is 4.79 Å². The van der Waals surface area contributed by atoms with Crippen molar-refractivity contribution >= 4 is 18.0 Å². The van der Waals surface area contributed by atoms with Crippen LogP contribution >= 0.6 is 0 Å². The minimum Gasteiger partial charge on any atom is -0.496 e. The van der Waals surface area contributed by atoms with Gasteiger partial charge in [0, 0.05) is 13.0 Å². The fourth-order valence-electron chi connectivity index (χ4n) is 1.58. The number of esters is 1. The fraction of sp³-hybridized carbons (Fsp3) is 0.308.